The van der Waals surface area contributed by atoms with Gasteiger partial charge in [0.25, 0.3) is 5.91 Å². The minimum atomic E-state index is -4.15. The summed E-state index contributed by atoms with van der Waals surface area (Å²) in [6.45, 7) is 8.37. The Morgan fingerprint density at radius 1 is 1.12 bits per heavy atom. The zero-order valence-electron chi connectivity index (χ0n) is 22.4. The summed E-state index contributed by atoms with van der Waals surface area (Å²) in [5.74, 6) is -3.44. The van der Waals surface area contributed by atoms with Gasteiger partial charge < -0.3 is 19.4 Å². The second-order valence-electron chi connectivity index (χ2n) is 9.07. The summed E-state index contributed by atoms with van der Waals surface area (Å²) < 4.78 is 38.9. The molecule has 0 unspecified atom stereocenters. The van der Waals surface area contributed by atoms with Gasteiger partial charge in [-0.05, 0) is 63.3 Å². The highest BCUT2D eigenvalue weighted by Crippen LogP contribution is 2.38. The Morgan fingerprint density at radius 2 is 1.90 bits per heavy atom. The fourth-order valence-electron chi connectivity index (χ4n) is 4.51. The summed E-state index contributed by atoms with van der Waals surface area (Å²) in [7, 11) is -4.15. The smallest absolute Gasteiger partial charge is 0.341 e. The lowest BCUT2D eigenvalue weighted by Crippen LogP contribution is -2.28. The lowest BCUT2D eigenvalue weighted by Gasteiger charge is -2.12. The van der Waals surface area contributed by atoms with Gasteiger partial charge in [-0.25, -0.2) is 13.2 Å². The Bertz CT molecular complexity index is 1630. The molecule has 0 radical (unpaired) electrons. The number of fused-ring (bicyclic) bond motifs is 2. The third-order valence-electron chi connectivity index (χ3n) is 6.10. The molecule has 4 rings (SSSR count). The number of allylic oxidation sites excluding steroid dienone is 1. The van der Waals surface area contributed by atoms with E-state index in [1.54, 1.807) is 17.6 Å². The van der Waals surface area contributed by atoms with Crippen molar-refractivity contribution in [2.45, 2.75) is 46.1 Å². The molecule has 1 N–H and O–H groups in total. The number of thiazole rings is 1. The number of carbonyl (C=O) groups is 3. The quantitative estimate of drug-likeness (QED) is 0.259. The number of amides is 2. The van der Waals surface area contributed by atoms with Crippen molar-refractivity contribution in [3.05, 3.63) is 51.7 Å². The number of hydrogen-bond donors (Lipinski definition) is 1. The van der Waals surface area contributed by atoms with E-state index in [1.165, 1.54) is 22.7 Å². The van der Waals surface area contributed by atoms with E-state index in [0.717, 1.165) is 39.9 Å². The predicted octanol–water partition coefficient (Wildman–Crippen LogP) is 3.89. The third-order valence-corrected chi connectivity index (χ3v) is 9.73. The van der Waals surface area contributed by atoms with E-state index in [4.69, 9.17) is 9.47 Å². The maximum atomic E-state index is 12.8. The number of benzene rings is 1. The van der Waals surface area contributed by atoms with Crippen molar-refractivity contribution in [3.63, 3.8) is 0 Å². The minimum Gasteiger partial charge on any atom is -0.494 e. The Kier molecular flexibility index (Phi) is 9.59. The van der Waals surface area contributed by atoms with Gasteiger partial charge in [0.05, 0.1) is 29.0 Å². The second kappa shape index (κ2) is 12.9. The molecule has 3 aromatic rings. The molecule has 13 heteroatoms. The number of esters is 1. The molecule has 2 amide bonds. The maximum Gasteiger partial charge on any atom is 0.341 e. The summed E-state index contributed by atoms with van der Waals surface area (Å²) in [6, 6.07) is 5.49. The van der Waals surface area contributed by atoms with Crippen LogP contribution in [0, 0.1) is 0 Å². The number of thiophene rings is 1. The fraction of sp³-hybridized carbons (Fsp3) is 0.407. The Balaban J connectivity index is 1.51. The molecule has 1 aliphatic rings. The van der Waals surface area contributed by atoms with Gasteiger partial charge in [0, 0.05) is 11.4 Å². The Morgan fingerprint density at radius 3 is 2.62 bits per heavy atom. The first-order valence-electron chi connectivity index (χ1n) is 12.9. The molecule has 40 heavy (non-hydrogen) atoms. The number of ether oxygens (including phenoxy) is 2. The van der Waals surface area contributed by atoms with E-state index in [2.05, 4.69) is 16.9 Å². The topological polar surface area (TPSA) is 133 Å². The average molecular weight is 606 g/mol. The average Bonchev–Trinajstić information content (AvgIpc) is 3.40. The Labute approximate surface area is 240 Å². The summed E-state index contributed by atoms with van der Waals surface area (Å²) in [4.78, 5) is 43.5. The number of sulfone groups is 1. The minimum absolute atomic E-state index is 0.178. The first kappa shape index (κ1) is 29.7. The fourth-order valence-corrected chi connectivity index (χ4v) is 7.91. The van der Waals surface area contributed by atoms with E-state index in [1.807, 2.05) is 25.1 Å². The molecule has 214 valence electrons. The van der Waals surface area contributed by atoms with Crippen LogP contribution in [0.25, 0.3) is 10.2 Å². The molecular formula is C27H31N3O7S3. The van der Waals surface area contributed by atoms with E-state index >= 15 is 0 Å². The van der Waals surface area contributed by atoms with Crippen LogP contribution in [0.5, 0.6) is 5.75 Å². The van der Waals surface area contributed by atoms with Crippen LogP contribution in [0.1, 0.15) is 47.5 Å². The summed E-state index contributed by atoms with van der Waals surface area (Å²) in [5.41, 5.74) is 1.95. The van der Waals surface area contributed by atoms with Gasteiger partial charge in [-0.3, -0.25) is 9.59 Å². The molecule has 0 atom stereocenters. The molecule has 0 spiro atoms. The van der Waals surface area contributed by atoms with Gasteiger partial charge in [-0.1, -0.05) is 17.4 Å². The van der Waals surface area contributed by atoms with Gasteiger partial charge in [0.2, 0.25) is 5.91 Å². The molecule has 2 heterocycles. The Hall–Kier alpha value is -3.29. The number of nitrogens with one attached hydrogen (secondary N) is 1. The maximum absolute atomic E-state index is 12.8. The molecule has 1 aliphatic carbocycles. The van der Waals surface area contributed by atoms with Gasteiger partial charge >= 0.3 is 5.97 Å². The van der Waals surface area contributed by atoms with Crippen LogP contribution in [-0.4, -0.2) is 55.5 Å². The lowest BCUT2D eigenvalue weighted by molar-refractivity contribution is -0.115. The van der Waals surface area contributed by atoms with Crippen LogP contribution < -0.4 is 14.9 Å². The van der Waals surface area contributed by atoms with Crippen molar-refractivity contribution in [1.29, 1.82) is 0 Å². The first-order chi connectivity index (χ1) is 19.2. The molecule has 0 aliphatic heterocycles. The molecule has 0 fully saturated rings. The van der Waals surface area contributed by atoms with Crippen LogP contribution in [0.15, 0.2) is 35.8 Å². The molecule has 10 nitrogen and oxygen atoms in total. The van der Waals surface area contributed by atoms with Crippen molar-refractivity contribution in [3.8, 4) is 5.75 Å². The number of rotatable bonds is 11. The van der Waals surface area contributed by atoms with E-state index in [9.17, 15) is 22.8 Å². The van der Waals surface area contributed by atoms with Crippen LogP contribution in [0.2, 0.25) is 0 Å². The molecule has 2 aromatic heterocycles. The standard InChI is InChI=1S/C27H31N3O7S3/c1-4-13-30-19-12-11-17(36-5-2)14-21(19)39-27(30)29-23(32)16-40(34,35)15-22(31)28-25-24(26(33)37-6-3)18-9-7-8-10-20(18)38-25/h4,11-12,14H,1,5-10,13,15-16H2,2-3H3,(H,28,31). The number of carbonyl (C=O) groups excluding carboxylic acids is 3. The lowest BCUT2D eigenvalue weighted by atomic mass is 9.95. The molecule has 0 saturated carbocycles. The summed E-state index contributed by atoms with van der Waals surface area (Å²) in [6.07, 6.45) is 5.03. The van der Waals surface area contributed by atoms with Crippen molar-refractivity contribution in [2.75, 3.05) is 30.0 Å². The van der Waals surface area contributed by atoms with Gasteiger partial charge in [-0.2, -0.15) is 4.99 Å². The monoisotopic (exact) mass is 605 g/mol. The first-order valence-corrected chi connectivity index (χ1v) is 16.4. The van der Waals surface area contributed by atoms with E-state index in [-0.39, 0.29) is 11.6 Å². The highest BCUT2D eigenvalue weighted by molar-refractivity contribution is 7.92. The zero-order valence-corrected chi connectivity index (χ0v) is 24.8. The van der Waals surface area contributed by atoms with Gasteiger partial charge in [0.1, 0.15) is 22.3 Å². The number of nitrogens with zero attached hydrogens (tertiary/aromatic N) is 2. The summed E-state index contributed by atoms with van der Waals surface area (Å²) >= 11 is 2.49. The van der Waals surface area contributed by atoms with Gasteiger partial charge in [0.15, 0.2) is 14.6 Å². The normalized spacial score (nSPS) is 13.6. The van der Waals surface area contributed by atoms with Crippen molar-refractivity contribution in [1.82, 2.24) is 4.57 Å². The van der Waals surface area contributed by atoms with Crippen molar-refractivity contribution in [2.24, 2.45) is 4.99 Å². The molecule has 0 saturated heterocycles. The van der Waals surface area contributed by atoms with Crippen LogP contribution in [-0.2, 0) is 43.5 Å². The van der Waals surface area contributed by atoms with Crippen LogP contribution in [0.4, 0.5) is 5.00 Å². The third kappa shape index (κ3) is 6.88. The highest BCUT2D eigenvalue weighted by Gasteiger charge is 2.28. The van der Waals surface area contributed by atoms with E-state index in [0.29, 0.717) is 35.7 Å². The molecule has 1 aromatic carbocycles. The van der Waals surface area contributed by atoms with E-state index < -0.39 is 39.1 Å². The summed E-state index contributed by atoms with van der Waals surface area (Å²) in [5, 5.41) is 2.86. The number of aromatic nitrogens is 1. The largest absolute Gasteiger partial charge is 0.494 e. The zero-order chi connectivity index (χ0) is 28.9. The molecular weight excluding hydrogens is 575 g/mol. The van der Waals surface area contributed by atoms with Crippen molar-refractivity contribution < 1.29 is 32.3 Å². The number of aryl methyl sites for hydroxylation is 1. The molecule has 0 bridgehead atoms. The van der Waals surface area contributed by atoms with Crippen molar-refractivity contribution >= 4 is 65.5 Å². The number of anilines is 1. The van der Waals surface area contributed by atoms with Gasteiger partial charge in [-0.15, -0.1) is 17.9 Å². The van der Waals surface area contributed by atoms with Crippen LogP contribution in [0.3, 0.4) is 0 Å². The number of hydrogen-bond acceptors (Lipinski definition) is 9. The second-order valence-corrected chi connectivity index (χ2v) is 13.2. The highest BCUT2D eigenvalue weighted by atomic mass is 32.2. The SMILES string of the molecule is C=CCn1c(=NC(=O)CS(=O)(=O)CC(=O)Nc2sc3c(c2C(=O)OCC)CCCC3)sc2cc(OCC)ccc21. The van der Waals surface area contributed by atoms with Crippen LogP contribution >= 0.6 is 22.7 Å². The predicted molar refractivity (Wildman–Crippen MR) is 156 cm³/mol.